The highest BCUT2D eigenvalue weighted by Crippen LogP contribution is 2.29. The SMILES string of the molecule is CCC(C)NCc1ccc(-c2noc(C(F)(F)F)n2)cc1. The first-order chi connectivity index (χ1) is 9.90. The Morgan fingerprint density at radius 2 is 1.90 bits per heavy atom. The van der Waals surface area contributed by atoms with E-state index < -0.39 is 12.1 Å². The summed E-state index contributed by atoms with van der Waals surface area (Å²) < 4.78 is 41.4. The van der Waals surface area contributed by atoms with Gasteiger partial charge in [-0.2, -0.15) is 18.2 Å². The van der Waals surface area contributed by atoms with Gasteiger partial charge in [-0.05, 0) is 18.9 Å². The molecule has 0 saturated heterocycles. The van der Waals surface area contributed by atoms with Crippen LogP contribution in [0.4, 0.5) is 13.2 Å². The molecule has 21 heavy (non-hydrogen) atoms. The summed E-state index contributed by atoms with van der Waals surface area (Å²) in [6.45, 7) is 4.89. The van der Waals surface area contributed by atoms with Crippen LogP contribution in [0.15, 0.2) is 28.8 Å². The van der Waals surface area contributed by atoms with Gasteiger partial charge in [-0.1, -0.05) is 36.3 Å². The number of halogens is 3. The second-order valence-corrected chi connectivity index (χ2v) is 4.81. The number of nitrogens with zero attached hydrogens (tertiary/aromatic N) is 2. The minimum absolute atomic E-state index is 0.0660. The molecular formula is C14H16F3N3O. The number of hydrogen-bond acceptors (Lipinski definition) is 4. The average Bonchev–Trinajstić information content (AvgIpc) is 2.95. The van der Waals surface area contributed by atoms with Crippen LogP contribution in [0, 0.1) is 0 Å². The molecule has 2 rings (SSSR count). The highest BCUT2D eigenvalue weighted by molar-refractivity contribution is 5.54. The highest BCUT2D eigenvalue weighted by Gasteiger charge is 2.38. The van der Waals surface area contributed by atoms with Gasteiger partial charge in [-0.15, -0.1) is 0 Å². The van der Waals surface area contributed by atoms with Gasteiger partial charge in [0.1, 0.15) is 0 Å². The Hall–Kier alpha value is -1.89. The maximum absolute atomic E-state index is 12.4. The lowest BCUT2D eigenvalue weighted by Gasteiger charge is -2.11. The third-order valence-electron chi connectivity index (χ3n) is 3.15. The Morgan fingerprint density at radius 3 is 2.43 bits per heavy atom. The Bertz CT molecular complexity index is 578. The zero-order valence-corrected chi connectivity index (χ0v) is 11.7. The van der Waals surface area contributed by atoms with E-state index in [0.717, 1.165) is 12.0 Å². The van der Waals surface area contributed by atoms with Crippen LogP contribution in [0.3, 0.4) is 0 Å². The Labute approximate surface area is 120 Å². The number of hydrogen-bond donors (Lipinski definition) is 1. The Balaban J connectivity index is 2.07. The number of benzene rings is 1. The summed E-state index contributed by atoms with van der Waals surface area (Å²) in [5.41, 5.74) is 1.53. The van der Waals surface area contributed by atoms with E-state index in [1.807, 2.05) is 12.1 Å². The van der Waals surface area contributed by atoms with Crippen molar-refractivity contribution in [2.75, 3.05) is 0 Å². The summed E-state index contributed by atoms with van der Waals surface area (Å²) in [6.07, 6.45) is -3.59. The van der Waals surface area contributed by atoms with Gasteiger partial charge in [-0.3, -0.25) is 0 Å². The third-order valence-corrected chi connectivity index (χ3v) is 3.15. The third kappa shape index (κ3) is 4.04. The number of rotatable bonds is 5. The molecule has 1 aromatic heterocycles. The molecule has 0 radical (unpaired) electrons. The van der Waals surface area contributed by atoms with Crippen molar-refractivity contribution in [2.45, 2.75) is 39.0 Å². The van der Waals surface area contributed by atoms with Crippen LogP contribution in [0.1, 0.15) is 31.7 Å². The molecule has 2 aromatic rings. The smallest absolute Gasteiger partial charge is 0.329 e. The van der Waals surface area contributed by atoms with E-state index in [1.165, 1.54) is 0 Å². The standard InChI is InChI=1S/C14H16F3N3O/c1-3-9(2)18-8-10-4-6-11(7-5-10)12-19-13(21-20-12)14(15,16)17/h4-7,9,18H,3,8H2,1-2H3. The van der Waals surface area contributed by atoms with Crippen molar-refractivity contribution in [1.82, 2.24) is 15.5 Å². The predicted molar refractivity (Wildman–Crippen MR) is 71.3 cm³/mol. The molecule has 0 aliphatic heterocycles. The molecule has 0 bridgehead atoms. The van der Waals surface area contributed by atoms with Crippen molar-refractivity contribution in [2.24, 2.45) is 0 Å². The van der Waals surface area contributed by atoms with E-state index in [2.05, 4.69) is 33.8 Å². The lowest BCUT2D eigenvalue weighted by molar-refractivity contribution is -0.159. The van der Waals surface area contributed by atoms with Crippen LogP contribution in [-0.4, -0.2) is 16.2 Å². The molecule has 0 aliphatic rings. The predicted octanol–water partition coefficient (Wildman–Crippen LogP) is 3.64. The molecule has 1 aromatic carbocycles. The summed E-state index contributed by atoms with van der Waals surface area (Å²) in [4.78, 5) is 3.35. The Kier molecular flexibility index (Phi) is 4.62. The van der Waals surface area contributed by atoms with E-state index >= 15 is 0 Å². The summed E-state index contributed by atoms with van der Waals surface area (Å²) in [5.74, 6) is -1.40. The molecule has 0 fully saturated rings. The van der Waals surface area contributed by atoms with Crippen molar-refractivity contribution in [1.29, 1.82) is 0 Å². The first-order valence-corrected chi connectivity index (χ1v) is 6.63. The maximum Gasteiger partial charge on any atom is 0.471 e. The monoisotopic (exact) mass is 299 g/mol. The molecule has 1 N–H and O–H groups in total. The molecule has 0 amide bonds. The lowest BCUT2D eigenvalue weighted by atomic mass is 10.1. The maximum atomic E-state index is 12.4. The number of nitrogens with one attached hydrogen (secondary N) is 1. The average molecular weight is 299 g/mol. The van der Waals surface area contributed by atoms with Crippen LogP contribution in [0.5, 0.6) is 0 Å². The largest absolute Gasteiger partial charge is 0.471 e. The second kappa shape index (κ2) is 6.26. The van der Waals surface area contributed by atoms with Crippen LogP contribution >= 0.6 is 0 Å². The van der Waals surface area contributed by atoms with Crippen LogP contribution in [0.25, 0.3) is 11.4 Å². The molecule has 1 heterocycles. The van der Waals surface area contributed by atoms with Crippen LogP contribution < -0.4 is 5.32 Å². The number of aromatic nitrogens is 2. The van der Waals surface area contributed by atoms with Crippen molar-refractivity contribution in [3.8, 4) is 11.4 Å². The van der Waals surface area contributed by atoms with E-state index in [4.69, 9.17) is 0 Å². The zero-order chi connectivity index (χ0) is 15.5. The Morgan fingerprint density at radius 1 is 1.24 bits per heavy atom. The van der Waals surface area contributed by atoms with Gasteiger partial charge >= 0.3 is 12.1 Å². The van der Waals surface area contributed by atoms with Gasteiger partial charge in [0, 0.05) is 18.2 Å². The normalized spacial score (nSPS) is 13.4. The van der Waals surface area contributed by atoms with Crippen LogP contribution in [0.2, 0.25) is 0 Å². The molecule has 0 spiro atoms. The minimum atomic E-state index is -4.62. The van der Waals surface area contributed by atoms with E-state index in [1.54, 1.807) is 12.1 Å². The summed E-state index contributed by atoms with van der Waals surface area (Å²) in [6, 6.07) is 7.43. The van der Waals surface area contributed by atoms with Gasteiger partial charge < -0.3 is 9.84 Å². The van der Waals surface area contributed by atoms with Gasteiger partial charge in [0.25, 0.3) is 0 Å². The summed E-state index contributed by atoms with van der Waals surface area (Å²) in [5, 5.41) is 6.68. The van der Waals surface area contributed by atoms with Crippen LogP contribution in [-0.2, 0) is 12.7 Å². The highest BCUT2D eigenvalue weighted by atomic mass is 19.4. The second-order valence-electron chi connectivity index (χ2n) is 4.81. The molecular weight excluding hydrogens is 283 g/mol. The van der Waals surface area contributed by atoms with Gasteiger partial charge in [-0.25, -0.2) is 0 Å². The molecule has 0 aliphatic carbocycles. The van der Waals surface area contributed by atoms with E-state index in [-0.39, 0.29) is 5.82 Å². The minimum Gasteiger partial charge on any atom is -0.329 e. The fraction of sp³-hybridized carbons (Fsp3) is 0.429. The van der Waals surface area contributed by atoms with Crippen molar-refractivity contribution in [3.05, 3.63) is 35.7 Å². The molecule has 114 valence electrons. The number of alkyl halides is 3. The molecule has 0 saturated carbocycles. The van der Waals surface area contributed by atoms with Gasteiger partial charge in [0.05, 0.1) is 0 Å². The molecule has 7 heteroatoms. The first kappa shape index (κ1) is 15.5. The van der Waals surface area contributed by atoms with Crippen molar-refractivity contribution in [3.63, 3.8) is 0 Å². The lowest BCUT2D eigenvalue weighted by Crippen LogP contribution is -2.24. The fourth-order valence-corrected chi connectivity index (χ4v) is 1.66. The first-order valence-electron chi connectivity index (χ1n) is 6.63. The van der Waals surface area contributed by atoms with E-state index in [0.29, 0.717) is 18.2 Å². The van der Waals surface area contributed by atoms with Gasteiger partial charge in [0.2, 0.25) is 5.82 Å². The fourth-order valence-electron chi connectivity index (χ4n) is 1.66. The van der Waals surface area contributed by atoms with Gasteiger partial charge in [0.15, 0.2) is 0 Å². The quantitative estimate of drug-likeness (QED) is 0.915. The van der Waals surface area contributed by atoms with Crippen molar-refractivity contribution >= 4 is 0 Å². The molecule has 4 nitrogen and oxygen atoms in total. The van der Waals surface area contributed by atoms with Crippen molar-refractivity contribution < 1.29 is 17.7 Å². The summed E-state index contributed by atoms with van der Waals surface area (Å²) in [7, 11) is 0. The van der Waals surface area contributed by atoms with E-state index in [9.17, 15) is 13.2 Å². The molecule has 1 unspecified atom stereocenters. The summed E-state index contributed by atoms with van der Waals surface area (Å²) >= 11 is 0. The zero-order valence-electron chi connectivity index (χ0n) is 11.7. The molecule has 1 atom stereocenters. The topological polar surface area (TPSA) is 51.0 Å².